The summed E-state index contributed by atoms with van der Waals surface area (Å²) in [6, 6.07) is 0. The summed E-state index contributed by atoms with van der Waals surface area (Å²) in [6.45, 7) is 13.6. The molecule has 0 saturated carbocycles. The van der Waals surface area contributed by atoms with E-state index >= 15 is 0 Å². The van der Waals surface area contributed by atoms with E-state index in [4.69, 9.17) is 0 Å². The molecule has 30 heavy (non-hydrogen) atoms. The van der Waals surface area contributed by atoms with E-state index in [2.05, 4.69) is 65.1 Å². The number of halogens is 2. The molecule has 0 nitrogen and oxygen atoms in total. The van der Waals surface area contributed by atoms with Gasteiger partial charge in [0.25, 0.3) is 0 Å². The molecule has 0 unspecified atom stereocenters. The summed E-state index contributed by atoms with van der Waals surface area (Å²) < 4.78 is 0. The van der Waals surface area contributed by atoms with Gasteiger partial charge in [-0.3, -0.25) is 12.2 Å². The number of hydrogen-bond acceptors (Lipinski definition) is 0. The molecule has 0 amide bonds. The molecule has 0 aliphatic heterocycles. The Labute approximate surface area is 216 Å². The van der Waals surface area contributed by atoms with Crippen molar-refractivity contribution in [1.29, 1.82) is 0 Å². The van der Waals surface area contributed by atoms with E-state index in [0.717, 1.165) is 12.8 Å². The SMILES string of the molecule is CCCCC1=[C-]CC(CCC)=C1.CCCCC1=[C-]CC(CCC)=C1.C[Si](C)=[Hf+2].[Cl-].[Cl-]. The summed E-state index contributed by atoms with van der Waals surface area (Å²) in [7, 11) is 0. The third-order valence-electron chi connectivity index (χ3n) is 4.58. The molecular formula is C26H44Cl2HfSi-2. The van der Waals surface area contributed by atoms with Crippen LogP contribution in [0, 0.1) is 12.2 Å². The van der Waals surface area contributed by atoms with Crippen LogP contribution in [0.5, 0.6) is 0 Å². The normalized spacial score (nSPS) is 13.9. The summed E-state index contributed by atoms with van der Waals surface area (Å²) in [5, 5.41) is 0. The first-order chi connectivity index (χ1) is 13.5. The van der Waals surface area contributed by atoms with Crippen LogP contribution in [0.2, 0.25) is 13.1 Å². The Kier molecular flexibility index (Phi) is 28.5. The fraction of sp³-hybridized carbons (Fsp3) is 0.692. The maximum absolute atomic E-state index is 3.45. The van der Waals surface area contributed by atoms with E-state index in [1.54, 1.807) is 11.1 Å². The topological polar surface area (TPSA) is 0 Å². The maximum Gasteiger partial charge on any atom is -1.00 e. The van der Waals surface area contributed by atoms with Crippen molar-refractivity contribution in [2.45, 2.75) is 118 Å². The molecule has 0 radical (unpaired) electrons. The van der Waals surface area contributed by atoms with Crippen molar-refractivity contribution >= 4 is 5.49 Å². The molecule has 0 heterocycles. The first kappa shape index (κ1) is 35.2. The molecular weight excluding hydrogens is 590 g/mol. The fourth-order valence-electron chi connectivity index (χ4n) is 3.17. The van der Waals surface area contributed by atoms with E-state index in [1.807, 2.05) is 0 Å². The van der Waals surface area contributed by atoms with Crippen molar-refractivity contribution in [2.24, 2.45) is 0 Å². The molecule has 0 fully saturated rings. The van der Waals surface area contributed by atoms with Crippen LogP contribution < -0.4 is 24.8 Å². The van der Waals surface area contributed by atoms with Crippen LogP contribution in [0.15, 0.2) is 34.4 Å². The minimum atomic E-state index is 0. The second-order valence-electron chi connectivity index (χ2n) is 8.07. The van der Waals surface area contributed by atoms with Crippen molar-refractivity contribution in [3.63, 3.8) is 0 Å². The molecule has 2 aliphatic rings. The average molecular weight is 634 g/mol. The van der Waals surface area contributed by atoms with Crippen LogP contribution in [0.3, 0.4) is 0 Å². The molecule has 0 aromatic heterocycles. The van der Waals surface area contributed by atoms with Crippen molar-refractivity contribution in [1.82, 2.24) is 0 Å². The smallest absolute Gasteiger partial charge is 1.00 e. The minimum absolute atomic E-state index is 0. The van der Waals surface area contributed by atoms with Gasteiger partial charge in [0.05, 0.1) is 0 Å². The summed E-state index contributed by atoms with van der Waals surface area (Å²) in [4.78, 5) is 0. The summed E-state index contributed by atoms with van der Waals surface area (Å²) in [5.74, 6) is 0. The zero-order valence-electron chi connectivity index (χ0n) is 20.4. The van der Waals surface area contributed by atoms with Crippen LogP contribution in [0.25, 0.3) is 0 Å². The van der Waals surface area contributed by atoms with Gasteiger partial charge in [0.1, 0.15) is 0 Å². The first-order valence-electron chi connectivity index (χ1n) is 11.6. The van der Waals surface area contributed by atoms with Gasteiger partial charge in [-0.15, -0.1) is 12.8 Å². The second-order valence-corrected chi connectivity index (χ2v) is 20.8. The Morgan fingerprint density at radius 2 is 1.03 bits per heavy atom. The second kappa shape index (κ2) is 24.3. The van der Waals surface area contributed by atoms with Gasteiger partial charge in [-0.25, -0.2) is 23.3 Å². The van der Waals surface area contributed by atoms with Gasteiger partial charge in [-0.2, -0.15) is 11.1 Å². The number of allylic oxidation sites excluding steroid dienone is 8. The summed E-state index contributed by atoms with van der Waals surface area (Å²) >= 11 is 1.45. The number of hydrogen-bond donors (Lipinski definition) is 0. The van der Waals surface area contributed by atoms with Crippen molar-refractivity contribution in [3.05, 3.63) is 46.6 Å². The molecule has 2 rings (SSSR count). The van der Waals surface area contributed by atoms with Gasteiger partial charge in [-0.1, -0.05) is 79.1 Å². The third kappa shape index (κ3) is 20.5. The van der Waals surface area contributed by atoms with Crippen molar-refractivity contribution < 1.29 is 47.8 Å². The number of unbranched alkanes of at least 4 members (excludes halogenated alkanes) is 2. The molecule has 4 heteroatoms. The number of rotatable bonds is 10. The van der Waals surface area contributed by atoms with Crippen LogP contribution in [-0.2, 0) is 23.0 Å². The molecule has 0 atom stereocenters. The average Bonchev–Trinajstić information content (AvgIpc) is 3.28. The Hall–Kier alpha value is 0.627. The van der Waals surface area contributed by atoms with Crippen molar-refractivity contribution in [3.8, 4) is 0 Å². The maximum atomic E-state index is 3.45. The van der Waals surface area contributed by atoms with E-state index in [1.165, 1.54) is 98.4 Å². The zero-order valence-corrected chi connectivity index (χ0v) is 26.5. The van der Waals surface area contributed by atoms with Crippen LogP contribution in [0.1, 0.15) is 105 Å². The first-order valence-corrected chi connectivity index (χ1v) is 19.5. The largest absolute Gasteiger partial charge is 1.00 e. The fourth-order valence-corrected chi connectivity index (χ4v) is 3.17. The monoisotopic (exact) mass is 634 g/mol. The molecule has 0 aromatic rings. The van der Waals surface area contributed by atoms with E-state index in [-0.39, 0.29) is 30.3 Å². The van der Waals surface area contributed by atoms with Gasteiger partial charge >= 0.3 is 41.6 Å². The Balaban J connectivity index is -0.000000391. The molecule has 0 bridgehead atoms. The third-order valence-corrected chi connectivity index (χ3v) is 4.58. The molecule has 0 spiro atoms. The minimum Gasteiger partial charge on any atom is -1.00 e. The Morgan fingerprint density at radius 1 is 0.700 bits per heavy atom. The predicted octanol–water partition coefficient (Wildman–Crippen LogP) is 2.87. The molecule has 0 N–H and O–H groups in total. The molecule has 0 saturated heterocycles. The van der Waals surface area contributed by atoms with Gasteiger partial charge in [0.15, 0.2) is 0 Å². The van der Waals surface area contributed by atoms with Gasteiger partial charge in [-0.05, 0) is 12.8 Å². The summed E-state index contributed by atoms with van der Waals surface area (Å²) in [5.41, 5.74) is 6.35. The predicted molar refractivity (Wildman–Crippen MR) is 125 cm³/mol. The van der Waals surface area contributed by atoms with Gasteiger partial charge in [0, 0.05) is 0 Å². The molecule has 0 aromatic carbocycles. The quantitative estimate of drug-likeness (QED) is 0.257. The zero-order chi connectivity index (χ0) is 21.2. The molecule has 2 aliphatic carbocycles. The van der Waals surface area contributed by atoms with E-state index < -0.39 is 0 Å². The Bertz CT molecular complexity index is 511. The Morgan fingerprint density at radius 3 is 1.30 bits per heavy atom. The van der Waals surface area contributed by atoms with Gasteiger partial charge in [0.2, 0.25) is 0 Å². The van der Waals surface area contributed by atoms with Crippen LogP contribution in [-0.4, -0.2) is 5.49 Å². The van der Waals surface area contributed by atoms with Crippen molar-refractivity contribution in [2.75, 3.05) is 0 Å². The summed E-state index contributed by atoms with van der Waals surface area (Å²) in [6.07, 6.45) is 26.6. The van der Waals surface area contributed by atoms with E-state index in [9.17, 15) is 0 Å². The standard InChI is InChI=1S/2C12H19.C2H6Si.2ClH.Hf/c2*1-3-5-7-12-9-8-11(10-12)6-4-2;1-3-2;;;/h2*10H,3-8H2,1-2H3;1-2H3;2*1H;/q2*-1;;;;+2/p-2. The van der Waals surface area contributed by atoms with Crippen LogP contribution >= 0.6 is 0 Å². The van der Waals surface area contributed by atoms with Gasteiger partial charge < -0.3 is 24.8 Å². The van der Waals surface area contributed by atoms with E-state index in [0.29, 0.717) is 0 Å². The van der Waals surface area contributed by atoms with Crippen LogP contribution in [0.4, 0.5) is 0 Å². The molecule has 172 valence electrons.